The minimum Gasteiger partial charge on any atom is -0.462 e. The van der Waals surface area contributed by atoms with E-state index in [1.165, 1.54) is 19.1 Å². The summed E-state index contributed by atoms with van der Waals surface area (Å²) in [5.41, 5.74) is 1.53. The van der Waals surface area contributed by atoms with Crippen LogP contribution >= 0.6 is 7.75 Å². The number of esters is 1. The summed E-state index contributed by atoms with van der Waals surface area (Å²) in [5.74, 6) is -4.22. The zero-order valence-electron chi connectivity index (χ0n) is 20.5. The number of nitrogen functional groups attached to an aromatic ring is 1. The molecule has 0 spiro atoms. The molecule has 1 aromatic carbocycles. The van der Waals surface area contributed by atoms with Gasteiger partial charge in [-0.3, -0.25) is 13.9 Å². The number of benzene rings is 1. The van der Waals surface area contributed by atoms with Crippen molar-refractivity contribution in [3.63, 3.8) is 0 Å². The average Bonchev–Trinajstić information content (AvgIpc) is 2.98. The zero-order chi connectivity index (χ0) is 27.6. The van der Waals surface area contributed by atoms with Gasteiger partial charge in [-0.25, -0.2) is 18.1 Å². The number of hydrogen-bond acceptors (Lipinski definition) is 10. The summed E-state index contributed by atoms with van der Waals surface area (Å²) in [6.07, 6.45) is -3.92. The molecule has 1 fully saturated rings. The van der Waals surface area contributed by atoms with Crippen molar-refractivity contribution in [2.45, 2.75) is 63.7 Å². The molecule has 37 heavy (non-hydrogen) atoms. The van der Waals surface area contributed by atoms with Crippen LogP contribution in [0.25, 0.3) is 0 Å². The Morgan fingerprint density at radius 1 is 1.30 bits per heavy atom. The third-order valence-electron chi connectivity index (χ3n) is 5.29. The van der Waals surface area contributed by atoms with Crippen molar-refractivity contribution in [1.29, 1.82) is 0 Å². The Labute approximate surface area is 211 Å². The molecule has 3 rings (SSSR count). The lowest BCUT2D eigenvalue weighted by molar-refractivity contribution is -0.203. The molecule has 2 aromatic rings. The second-order valence-electron chi connectivity index (χ2n) is 8.86. The average molecular weight is 546 g/mol. The number of aliphatic hydroxyl groups excluding tert-OH is 1. The fourth-order valence-electron chi connectivity index (χ4n) is 3.48. The molecule has 0 amide bonds. The first-order chi connectivity index (χ1) is 17.2. The number of aromatic nitrogens is 2. The zero-order valence-corrected chi connectivity index (χ0v) is 21.4. The lowest BCUT2D eigenvalue weighted by Gasteiger charge is -2.28. The maximum atomic E-state index is 15.8. The standard InChI is InChI=1S/C22H29F2N4O8P/c1-13(2)34-17(29)14(3)27-37(32,36-15-8-6-5-7-9-15)33-12-22(24)18(30)21(4,23)19(35-22)28-11-10-16(25)26-20(28)31/h5-11,13-14,18-19,30H,12H2,1-4H3,(H,27,32)(H2,25,26,31)/t14-,18-,19+,21+,22+,37?/m0/s1. The molecule has 1 unspecified atom stereocenters. The maximum absolute atomic E-state index is 15.8. The maximum Gasteiger partial charge on any atom is 0.459 e. The van der Waals surface area contributed by atoms with E-state index in [4.69, 9.17) is 24.3 Å². The van der Waals surface area contributed by atoms with Crippen LogP contribution in [0.3, 0.4) is 0 Å². The van der Waals surface area contributed by atoms with Gasteiger partial charge in [-0.1, -0.05) is 18.2 Å². The first kappa shape index (κ1) is 28.7. The molecule has 1 aliphatic rings. The number of carbonyl (C=O) groups is 1. The van der Waals surface area contributed by atoms with Gasteiger partial charge in [0.15, 0.2) is 18.0 Å². The number of rotatable bonds is 10. The molecule has 4 N–H and O–H groups in total. The summed E-state index contributed by atoms with van der Waals surface area (Å²) in [5, 5.41) is 12.8. The van der Waals surface area contributed by atoms with Crippen molar-refractivity contribution in [2.75, 3.05) is 12.3 Å². The number of carbonyl (C=O) groups excluding carboxylic acids is 1. The van der Waals surface area contributed by atoms with Crippen molar-refractivity contribution in [3.8, 4) is 5.75 Å². The van der Waals surface area contributed by atoms with Crippen molar-refractivity contribution >= 4 is 19.5 Å². The SMILES string of the molecule is CC(C)OC(=O)[C@H](C)NP(=O)(OC[C@@]1(F)O[C@@H](n2ccc(N)nc2=O)[C@](C)(F)[C@@H]1O)Oc1ccccc1. The summed E-state index contributed by atoms with van der Waals surface area (Å²) >= 11 is 0. The normalized spacial score (nSPS) is 28.0. The summed E-state index contributed by atoms with van der Waals surface area (Å²) in [4.78, 5) is 27.9. The largest absolute Gasteiger partial charge is 0.462 e. The molecule has 6 atom stereocenters. The number of anilines is 1. The number of halogens is 2. The molecular formula is C22H29F2N4O8P. The number of para-hydroxylation sites is 1. The van der Waals surface area contributed by atoms with E-state index >= 15 is 8.78 Å². The van der Waals surface area contributed by atoms with E-state index in [-0.39, 0.29) is 11.6 Å². The third kappa shape index (κ3) is 6.51. The van der Waals surface area contributed by atoms with Crippen LogP contribution in [0.4, 0.5) is 14.6 Å². The minimum atomic E-state index is -4.57. The monoisotopic (exact) mass is 546 g/mol. The van der Waals surface area contributed by atoms with Crippen molar-refractivity contribution < 1.29 is 41.8 Å². The molecule has 0 radical (unpaired) electrons. The van der Waals surface area contributed by atoms with Crippen LogP contribution in [0.15, 0.2) is 47.4 Å². The highest BCUT2D eigenvalue weighted by Crippen LogP contribution is 2.51. The van der Waals surface area contributed by atoms with Gasteiger partial charge in [-0.15, -0.1) is 0 Å². The van der Waals surface area contributed by atoms with Gasteiger partial charge in [0.25, 0.3) is 5.85 Å². The van der Waals surface area contributed by atoms with E-state index in [1.807, 2.05) is 0 Å². The van der Waals surface area contributed by atoms with Crippen LogP contribution in [0.5, 0.6) is 5.75 Å². The Morgan fingerprint density at radius 3 is 2.54 bits per heavy atom. The molecule has 0 aliphatic carbocycles. The first-order valence-corrected chi connectivity index (χ1v) is 12.8. The van der Waals surface area contributed by atoms with Crippen molar-refractivity contribution in [1.82, 2.24) is 14.6 Å². The lowest BCUT2D eigenvalue weighted by Crippen LogP contribution is -2.47. The number of nitrogens with one attached hydrogen (secondary N) is 1. The van der Waals surface area contributed by atoms with E-state index in [1.54, 1.807) is 32.0 Å². The lowest BCUT2D eigenvalue weighted by atomic mass is 9.97. The van der Waals surface area contributed by atoms with E-state index < -0.39 is 62.0 Å². The van der Waals surface area contributed by atoms with Crippen LogP contribution in [0, 0.1) is 0 Å². The van der Waals surface area contributed by atoms with Crippen LogP contribution in [0.2, 0.25) is 0 Å². The number of ether oxygens (including phenoxy) is 2. The number of nitrogens with two attached hydrogens (primary N) is 1. The first-order valence-electron chi connectivity index (χ1n) is 11.2. The van der Waals surface area contributed by atoms with Gasteiger partial charge >= 0.3 is 19.4 Å². The van der Waals surface area contributed by atoms with E-state index in [0.717, 1.165) is 19.2 Å². The highest BCUT2D eigenvalue weighted by molar-refractivity contribution is 7.52. The molecule has 0 bridgehead atoms. The van der Waals surface area contributed by atoms with Gasteiger partial charge in [0.2, 0.25) is 0 Å². The summed E-state index contributed by atoms with van der Waals surface area (Å²) in [7, 11) is -4.57. The Hall–Kier alpha value is -2.90. The highest BCUT2D eigenvalue weighted by atomic mass is 31.2. The molecule has 1 aromatic heterocycles. The second-order valence-corrected chi connectivity index (χ2v) is 10.6. The fraction of sp³-hybridized carbons (Fsp3) is 0.500. The van der Waals surface area contributed by atoms with E-state index in [9.17, 15) is 19.3 Å². The number of alkyl halides is 2. The molecule has 0 saturated carbocycles. The predicted molar refractivity (Wildman–Crippen MR) is 127 cm³/mol. The van der Waals surface area contributed by atoms with E-state index in [2.05, 4.69) is 10.1 Å². The second kappa shape index (κ2) is 10.8. The van der Waals surface area contributed by atoms with Gasteiger partial charge in [-0.05, 0) is 45.9 Å². The van der Waals surface area contributed by atoms with Crippen LogP contribution < -0.4 is 21.0 Å². The summed E-state index contributed by atoms with van der Waals surface area (Å²) in [6, 6.07) is 7.56. The minimum absolute atomic E-state index is 0.0382. The van der Waals surface area contributed by atoms with Crippen LogP contribution in [-0.4, -0.2) is 57.0 Å². The Morgan fingerprint density at radius 2 is 1.95 bits per heavy atom. The van der Waals surface area contributed by atoms with Crippen LogP contribution in [-0.2, 0) is 23.4 Å². The molecule has 12 nitrogen and oxygen atoms in total. The molecule has 2 heterocycles. The van der Waals surface area contributed by atoms with Crippen molar-refractivity contribution in [3.05, 3.63) is 53.1 Å². The molecule has 1 saturated heterocycles. The molecule has 15 heteroatoms. The van der Waals surface area contributed by atoms with Gasteiger partial charge in [-0.2, -0.15) is 10.1 Å². The van der Waals surface area contributed by atoms with Gasteiger partial charge < -0.3 is 24.8 Å². The number of nitrogens with zero attached hydrogens (tertiary/aromatic N) is 2. The summed E-state index contributed by atoms with van der Waals surface area (Å²) < 4.78 is 66.2. The Kier molecular flexibility index (Phi) is 8.40. The predicted octanol–water partition coefficient (Wildman–Crippen LogP) is 2.24. The Balaban J connectivity index is 1.85. The van der Waals surface area contributed by atoms with Crippen LogP contribution in [0.1, 0.15) is 33.9 Å². The fourth-order valence-corrected chi connectivity index (χ4v) is 4.98. The topological polar surface area (TPSA) is 164 Å². The van der Waals surface area contributed by atoms with E-state index in [0.29, 0.717) is 4.57 Å². The third-order valence-corrected chi connectivity index (χ3v) is 6.92. The number of hydrogen-bond donors (Lipinski definition) is 3. The highest BCUT2D eigenvalue weighted by Gasteiger charge is 2.65. The van der Waals surface area contributed by atoms with Gasteiger partial charge in [0.05, 0.1) is 6.10 Å². The Bertz CT molecular complexity index is 1210. The molecular weight excluding hydrogens is 517 g/mol. The van der Waals surface area contributed by atoms with Crippen molar-refractivity contribution in [2.24, 2.45) is 0 Å². The molecule has 1 aliphatic heterocycles. The quantitative estimate of drug-likeness (QED) is 0.296. The van der Waals surface area contributed by atoms with Gasteiger partial charge in [0, 0.05) is 6.20 Å². The smallest absolute Gasteiger partial charge is 0.459 e. The molecule has 204 valence electrons. The van der Waals surface area contributed by atoms with Gasteiger partial charge in [0.1, 0.15) is 24.2 Å². The number of aliphatic hydroxyl groups is 1. The summed E-state index contributed by atoms with van der Waals surface area (Å²) in [6.45, 7) is 4.04.